The van der Waals surface area contributed by atoms with E-state index in [0.29, 0.717) is 56.8 Å². The highest BCUT2D eigenvalue weighted by atomic mass is 16.5. The number of unbranched alkanes of at least 4 members (excludes halogenated alkanes) is 1. The number of nitrogens with zero attached hydrogens (tertiary/aromatic N) is 6. The van der Waals surface area contributed by atoms with Crippen molar-refractivity contribution < 1.29 is 19.1 Å². The number of hydrogen-bond donors (Lipinski definition) is 0. The van der Waals surface area contributed by atoms with Crippen LogP contribution in [0.25, 0.3) is 0 Å². The Labute approximate surface area is 219 Å². The number of carbonyl (C=O) groups is 3. The van der Waals surface area contributed by atoms with Crippen molar-refractivity contribution in [2.24, 2.45) is 0 Å². The summed E-state index contributed by atoms with van der Waals surface area (Å²) in [5.74, 6) is 0.372. The van der Waals surface area contributed by atoms with Crippen LogP contribution in [0.15, 0.2) is 36.9 Å². The van der Waals surface area contributed by atoms with Crippen LogP contribution in [0.5, 0.6) is 5.75 Å². The van der Waals surface area contributed by atoms with Gasteiger partial charge in [0.25, 0.3) is 5.91 Å². The molecule has 1 atom stereocenters. The minimum Gasteiger partial charge on any atom is -0.493 e. The van der Waals surface area contributed by atoms with Crippen LogP contribution in [0.1, 0.15) is 61.7 Å². The second-order valence-electron chi connectivity index (χ2n) is 9.67. The summed E-state index contributed by atoms with van der Waals surface area (Å²) in [7, 11) is 5.31. The van der Waals surface area contributed by atoms with Crippen LogP contribution in [0.2, 0.25) is 0 Å². The number of hydrogen-bond acceptors (Lipinski definition) is 6. The number of fused-ring (bicyclic) bond motifs is 1. The molecule has 0 N–H and O–H groups in total. The largest absolute Gasteiger partial charge is 0.493 e. The molecule has 37 heavy (non-hydrogen) atoms. The molecule has 10 nitrogen and oxygen atoms in total. The second-order valence-corrected chi connectivity index (χ2v) is 9.67. The number of benzene rings is 1. The third-order valence-electron chi connectivity index (χ3n) is 6.85. The van der Waals surface area contributed by atoms with Crippen LogP contribution < -0.4 is 4.74 Å². The van der Waals surface area contributed by atoms with E-state index < -0.39 is 6.04 Å². The fraction of sp³-hybridized carbons (Fsp3) is 0.593. The van der Waals surface area contributed by atoms with E-state index >= 15 is 0 Å². The molecule has 0 aliphatic carbocycles. The van der Waals surface area contributed by atoms with Crippen LogP contribution in [0.3, 0.4) is 0 Å². The first-order valence-electron chi connectivity index (χ1n) is 13.2. The topological polar surface area (TPSA) is 101 Å². The van der Waals surface area contributed by atoms with Crippen molar-refractivity contribution in [1.82, 2.24) is 29.5 Å². The van der Waals surface area contributed by atoms with Crippen LogP contribution in [-0.4, -0.2) is 94.1 Å². The summed E-state index contributed by atoms with van der Waals surface area (Å²) in [6, 6.07) is 6.65. The number of aryl methyl sites for hydroxylation is 1. The van der Waals surface area contributed by atoms with Gasteiger partial charge in [-0.3, -0.25) is 19.1 Å². The summed E-state index contributed by atoms with van der Waals surface area (Å²) >= 11 is 0. The normalized spacial score (nSPS) is 17.3. The highest BCUT2D eigenvalue weighted by Gasteiger charge is 2.30. The lowest BCUT2D eigenvalue weighted by atomic mass is 10.0. The molecule has 10 heteroatoms. The molecule has 1 aliphatic heterocycles. The van der Waals surface area contributed by atoms with E-state index in [4.69, 9.17) is 4.74 Å². The van der Waals surface area contributed by atoms with Crippen LogP contribution in [-0.2, 0) is 16.1 Å². The first-order valence-corrected chi connectivity index (χ1v) is 13.2. The summed E-state index contributed by atoms with van der Waals surface area (Å²) < 4.78 is 7.63. The molecule has 2 aromatic rings. The molecule has 0 spiro atoms. The number of carbonyl (C=O) groups excluding carboxylic acids is 3. The highest BCUT2D eigenvalue weighted by Crippen LogP contribution is 2.23. The van der Waals surface area contributed by atoms with Gasteiger partial charge in [-0.25, -0.2) is 4.98 Å². The van der Waals surface area contributed by atoms with Crippen LogP contribution >= 0.6 is 0 Å². The molecule has 1 aliphatic rings. The lowest BCUT2D eigenvalue weighted by Crippen LogP contribution is -2.48. The zero-order valence-corrected chi connectivity index (χ0v) is 22.3. The van der Waals surface area contributed by atoms with Crippen molar-refractivity contribution in [2.45, 2.75) is 64.0 Å². The molecular formula is C27H40N6O4. The second kappa shape index (κ2) is 14.3. The Hall–Kier alpha value is -3.43. The molecule has 0 fully saturated rings. The van der Waals surface area contributed by atoms with Gasteiger partial charge in [0.1, 0.15) is 24.4 Å². The summed E-state index contributed by atoms with van der Waals surface area (Å²) in [4.78, 5) is 48.2. The van der Waals surface area contributed by atoms with E-state index in [1.54, 1.807) is 38.8 Å². The van der Waals surface area contributed by atoms with Gasteiger partial charge in [-0.2, -0.15) is 5.10 Å². The lowest BCUT2D eigenvalue weighted by molar-refractivity contribution is -0.135. The zero-order chi connectivity index (χ0) is 26.6. The maximum absolute atomic E-state index is 13.4. The van der Waals surface area contributed by atoms with E-state index in [2.05, 4.69) is 10.1 Å². The summed E-state index contributed by atoms with van der Waals surface area (Å²) in [5.41, 5.74) is 0.473. The Kier molecular flexibility index (Phi) is 10.9. The SMILES string of the molecule is CN(CCCC[C@H]1C(=O)N(C)CCCCCOc2ccccc2C(=O)N1C)C(=O)CCCn1cncn1. The van der Waals surface area contributed by atoms with Crippen molar-refractivity contribution in [3.05, 3.63) is 42.5 Å². The number of amides is 3. The highest BCUT2D eigenvalue weighted by molar-refractivity contribution is 5.99. The molecule has 0 unspecified atom stereocenters. The van der Waals surface area contributed by atoms with Gasteiger partial charge in [-0.15, -0.1) is 0 Å². The van der Waals surface area contributed by atoms with Crippen molar-refractivity contribution in [2.75, 3.05) is 40.8 Å². The number of aromatic nitrogens is 3. The fourth-order valence-corrected chi connectivity index (χ4v) is 4.50. The fourth-order valence-electron chi connectivity index (χ4n) is 4.50. The maximum atomic E-state index is 13.4. The third-order valence-corrected chi connectivity index (χ3v) is 6.85. The molecule has 0 radical (unpaired) electrons. The van der Waals surface area contributed by atoms with Gasteiger partial charge in [-0.1, -0.05) is 12.1 Å². The Bertz CT molecular complexity index is 1010. The molecular weight excluding hydrogens is 472 g/mol. The molecule has 3 amide bonds. The van der Waals surface area contributed by atoms with E-state index in [-0.39, 0.29) is 17.7 Å². The van der Waals surface area contributed by atoms with Crippen LogP contribution in [0, 0.1) is 0 Å². The predicted octanol–water partition coefficient (Wildman–Crippen LogP) is 2.85. The average molecular weight is 513 g/mol. The maximum Gasteiger partial charge on any atom is 0.258 e. The Morgan fingerprint density at radius 2 is 1.92 bits per heavy atom. The van der Waals surface area contributed by atoms with Gasteiger partial charge in [0, 0.05) is 47.2 Å². The average Bonchev–Trinajstić information content (AvgIpc) is 3.42. The molecule has 0 saturated heterocycles. The summed E-state index contributed by atoms with van der Waals surface area (Å²) in [6.07, 6.45) is 8.99. The molecule has 0 bridgehead atoms. The minimum atomic E-state index is -0.574. The van der Waals surface area contributed by atoms with Gasteiger partial charge in [0.05, 0.1) is 12.2 Å². The number of rotatable bonds is 9. The first-order chi connectivity index (χ1) is 17.9. The van der Waals surface area contributed by atoms with Crippen molar-refractivity contribution >= 4 is 17.7 Å². The van der Waals surface area contributed by atoms with E-state index in [0.717, 1.165) is 32.1 Å². The van der Waals surface area contributed by atoms with E-state index in [1.165, 1.54) is 6.33 Å². The van der Waals surface area contributed by atoms with Crippen LogP contribution in [0.4, 0.5) is 0 Å². The van der Waals surface area contributed by atoms with Gasteiger partial charge >= 0.3 is 0 Å². The Balaban J connectivity index is 1.57. The lowest BCUT2D eigenvalue weighted by Gasteiger charge is -2.31. The molecule has 2 heterocycles. The van der Waals surface area contributed by atoms with Crippen molar-refractivity contribution in [3.63, 3.8) is 0 Å². The third kappa shape index (κ3) is 8.30. The minimum absolute atomic E-state index is 0.0500. The molecule has 202 valence electrons. The predicted molar refractivity (Wildman–Crippen MR) is 140 cm³/mol. The smallest absolute Gasteiger partial charge is 0.258 e. The Morgan fingerprint density at radius 3 is 2.70 bits per heavy atom. The Morgan fingerprint density at radius 1 is 1.11 bits per heavy atom. The summed E-state index contributed by atoms with van der Waals surface area (Å²) in [5, 5.41) is 4.05. The van der Waals surface area contributed by atoms with Gasteiger partial charge in [-0.05, 0) is 57.1 Å². The monoisotopic (exact) mass is 512 g/mol. The zero-order valence-electron chi connectivity index (χ0n) is 22.3. The summed E-state index contributed by atoms with van der Waals surface area (Å²) in [6.45, 7) is 2.45. The number of ether oxygens (including phenoxy) is 1. The molecule has 1 aromatic carbocycles. The first kappa shape index (κ1) is 28.1. The quantitative estimate of drug-likeness (QED) is 0.479. The molecule has 3 rings (SSSR count). The van der Waals surface area contributed by atoms with Gasteiger partial charge < -0.3 is 19.4 Å². The van der Waals surface area contributed by atoms with E-state index in [9.17, 15) is 14.4 Å². The number of likely N-dealkylation sites (N-methyl/N-ethyl adjacent to an activating group) is 2. The van der Waals surface area contributed by atoms with Gasteiger partial charge in [0.15, 0.2) is 0 Å². The number of para-hydroxylation sites is 1. The van der Waals surface area contributed by atoms with Gasteiger partial charge in [0.2, 0.25) is 11.8 Å². The van der Waals surface area contributed by atoms with Crippen molar-refractivity contribution in [3.8, 4) is 5.75 Å². The molecule has 0 saturated carbocycles. The standard InChI is InChI=1S/C27H40N6O4/c1-30(25(34)15-11-18-33-21-28-20-29-33)16-9-7-13-23-27(36)31(2)17-8-4-10-19-37-24-14-6-5-12-22(24)26(35)32(23)3/h5-6,12,14,20-21,23H,4,7-11,13,15-19H2,1-3H3/t23-/m0/s1. The van der Waals surface area contributed by atoms with Crippen molar-refractivity contribution in [1.29, 1.82) is 0 Å². The molecule has 1 aromatic heterocycles. The van der Waals surface area contributed by atoms with E-state index in [1.807, 2.05) is 32.3 Å².